The van der Waals surface area contributed by atoms with E-state index in [0.717, 1.165) is 29.7 Å². The smallest absolute Gasteiger partial charge is 0.387 e. The molecule has 1 aromatic carbocycles. The van der Waals surface area contributed by atoms with Crippen molar-refractivity contribution in [3.05, 3.63) is 28.2 Å². The second-order valence-electron chi connectivity index (χ2n) is 4.65. The fourth-order valence-corrected chi connectivity index (χ4v) is 2.63. The summed E-state index contributed by atoms with van der Waals surface area (Å²) in [6.07, 6.45) is 0. The third kappa shape index (κ3) is 4.12. The van der Waals surface area contributed by atoms with Crippen molar-refractivity contribution in [2.45, 2.75) is 26.1 Å². The highest BCUT2D eigenvalue weighted by atomic mass is 79.9. The Morgan fingerprint density at radius 2 is 2.32 bits per heavy atom. The predicted molar refractivity (Wildman–Crippen MR) is 73.5 cm³/mol. The summed E-state index contributed by atoms with van der Waals surface area (Å²) in [5, 5.41) is 3.31. The molecule has 1 aliphatic rings. The van der Waals surface area contributed by atoms with E-state index in [1.54, 1.807) is 12.1 Å². The Bertz CT molecular complexity index is 431. The van der Waals surface area contributed by atoms with Crippen LogP contribution in [0.1, 0.15) is 12.5 Å². The minimum absolute atomic E-state index is 0.254. The maximum absolute atomic E-state index is 12.4. The van der Waals surface area contributed by atoms with Crippen LogP contribution < -0.4 is 10.1 Å². The number of ether oxygens (including phenoxy) is 1. The van der Waals surface area contributed by atoms with Crippen molar-refractivity contribution in [2.24, 2.45) is 0 Å². The maximum Gasteiger partial charge on any atom is 0.387 e. The molecule has 3 nitrogen and oxygen atoms in total. The Morgan fingerprint density at radius 1 is 1.53 bits per heavy atom. The summed E-state index contributed by atoms with van der Waals surface area (Å²) in [5.41, 5.74) is 0.781. The Hall–Kier alpha value is -0.720. The van der Waals surface area contributed by atoms with Crippen LogP contribution in [0.2, 0.25) is 0 Å². The highest BCUT2D eigenvalue weighted by Gasteiger charge is 2.20. The minimum Gasteiger partial charge on any atom is -0.434 e. The number of halogens is 3. The van der Waals surface area contributed by atoms with E-state index in [1.807, 2.05) is 6.07 Å². The summed E-state index contributed by atoms with van der Waals surface area (Å²) in [4.78, 5) is 2.26. The van der Waals surface area contributed by atoms with E-state index in [-0.39, 0.29) is 5.75 Å². The monoisotopic (exact) mass is 334 g/mol. The highest BCUT2D eigenvalue weighted by molar-refractivity contribution is 9.10. The molecule has 0 bridgehead atoms. The summed E-state index contributed by atoms with van der Waals surface area (Å²) in [5.74, 6) is 0.254. The zero-order valence-electron chi connectivity index (χ0n) is 10.7. The van der Waals surface area contributed by atoms with E-state index in [1.165, 1.54) is 0 Å². The van der Waals surface area contributed by atoms with Crippen LogP contribution in [0.25, 0.3) is 0 Å². The van der Waals surface area contributed by atoms with E-state index < -0.39 is 6.61 Å². The number of rotatable bonds is 4. The maximum atomic E-state index is 12.4. The number of nitrogens with zero attached hydrogens (tertiary/aromatic N) is 1. The Balaban J connectivity index is 2.15. The average molecular weight is 335 g/mol. The molecule has 0 spiro atoms. The van der Waals surface area contributed by atoms with Crippen LogP contribution in [-0.2, 0) is 6.54 Å². The van der Waals surface area contributed by atoms with Crippen molar-refractivity contribution >= 4 is 15.9 Å². The van der Waals surface area contributed by atoms with Gasteiger partial charge in [-0.1, -0.05) is 15.9 Å². The lowest BCUT2D eigenvalue weighted by molar-refractivity contribution is -0.0509. The molecule has 1 heterocycles. The van der Waals surface area contributed by atoms with Gasteiger partial charge in [-0.15, -0.1) is 0 Å². The van der Waals surface area contributed by atoms with Crippen molar-refractivity contribution in [3.8, 4) is 5.75 Å². The molecule has 1 aromatic rings. The first-order valence-corrected chi connectivity index (χ1v) is 7.03. The van der Waals surface area contributed by atoms with Gasteiger partial charge in [0.2, 0.25) is 0 Å². The third-order valence-corrected chi connectivity index (χ3v) is 3.74. The Labute approximate surface area is 120 Å². The largest absolute Gasteiger partial charge is 0.434 e. The van der Waals surface area contributed by atoms with E-state index in [0.29, 0.717) is 12.6 Å². The zero-order chi connectivity index (χ0) is 13.8. The van der Waals surface area contributed by atoms with Gasteiger partial charge in [0.05, 0.1) is 0 Å². The predicted octanol–water partition coefficient (Wildman–Crippen LogP) is 2.84. The molecule has 6 heteroatoms. The molecule has 0 unspecified atom stereocenters. The third-order valence-electron chi connectivity index (χ3n) is 3.25. The van der Waals surface area contributed by atoms with Gasteiger partial charge in [-0.2, -0.15) is 8.78 Å². The van der Waals surface area contributed by atoms with Gasteiger partial charge in [0.25, 0.3) is 0 Å². The molecule has 0 saturated carbocycles. The number of hydrogen-bond acceptors (Lipinski definition) is 3. The van der Waals surface area contributed by atoms with Crippen LogP contribution in [-0.4, -0.2) is 37.2 Å². The van der Waals surface area contributed by atoms with Gasteiger partial charge in [-0.05, 0) is 25.1 Å². The van der Waals surface area contributed by atoms with Gasteiger partial charge in [-0.3, -0.25) is 4.90 Å². The van der Waals surface area contributed by atoms with Crippen LogP contribution in [0, 0.1) is 0 Å². The Kier molecular flexibility index (Phi) is 5.13. The van der Waals surface area contributed by atoms with E-state index in [2.05, 4.69) is 37.8 Å². The average Bonchev–Trinajstić information content (AvgIpc) is 2.35. The number of benzene rings is 1. The number of nitrogens with one attached hydrogen (secondary N) is 1. The molecule has 1 saturated heterocycles. The fourth-order valence-electron chi connectivity index (χ4n) is 2.22. The van der Waals surface area contributed by atoms with Crippen LogP contribution in [0.15, 0.2) is 22.7 Å². The molecule has 0 amide bonds. The van der Waals surface area contributed by atoms with Gasteiger partial charge in [0.1, 0.15) is 5.75 Å². The second kappa shape index (κ2) is 6.63. The van der Waals surface area contributed by atoms with Crippen molar-refractivity contribution < 1.29 is 13.5 Å². The van der Waals surface area contributed by atoms with Crippen molar-refractivity contribution in [1.82, 2.24) is 10.2 Å². The normalized spacial score (nSPS) is 20.8. The molecule has 0 aliphatic carbocycles. The number of hydrogen-bond donors (Lipinski definition) is 1. The van der Waals surface area contributed by atoms with Gasteiger partial charge in [0, 0.05) is 42.3 Å². The molecule has 1 fully saturated rings. The first kappa shape index (κ1) is 14.7. The topological polar surface area (TPSA) is 24.5 Å². The summed E-state index contributed by atoms with van der Waals surface area (Å²) in [6, 6.07) is 5.51. The van der Waals surface area contributed by atoms with Crippen LogP contribution in [0.5, 0.6) is 5.75 Å². The summed E-state index contributed by atoms with van der Waals surface area (Å²) < 4.78 is 30.2. The SMILES string of the molecule is C[C@@H]1CNCCN1Cc1cc(Br)ccc1OC(F)F. The zero-order valence-corrected chi connectivity index (χ0v) is 12.3. The molecule has 1 N–H and O–H groups in total. The number of piperazine rings is 1. The summed E-state index contributed by atoms with van der Waals surface area (Å²) in [6.45, 7) is 2.69. The van der Waals surface area contributed by atoms with Gasteiger partial charge in [-0.25, -0.2) is 0 Å². The second-order valence-corrected chi connectivity index (χ2v) is 5.57. The lowest BCUT2D eigenvalue weighted by Gasteiger charge is -2.34. The van der Waals surface area contributed by atoms with Crippen LogP contribution in [0.3, 0.4) is 0 Å². The van der Waals surface area contributed by atoms with E-state index >= 15 is 0 Å². The number of alkyl halides is 2. The van der Waals surface area contributed by atoms with E-state index in [9.17, 15) is 8.78 Å². The van der Waals surface area contributed by atoms with Crippen molar-refractivity contribution in [2.75, 3.05) is 19.6 Å². The lowest BCUT2D eigenvalue weighted by atomic mass is 10.1. The Morgan fingerprint density at radius 3 is 3.00 bits per heavy atom. The van der Waals surface area contributed by atoms with Gasteiger partial charge in [0.15, 0.2) is 0 Å². The summed E-state index contributed by atoms with van der Waals surface area (Å²) >= 11 is 3.37. The molecule has 1 aliphatic heterocycles. The molecule has 19 heavy (non-hydrogen) atoms. The minimum atomic E-state index is -2.79. The van der Waals surface area contributed by atoms with Crippen molar-refractivity contribution in [1.29, 1.82) is 0 Å². The fraction of sp³-hybridized carbons (Fsp3) is 0.538. The quantitative estimate of drug-likeness (QED) is 0.916. The molecule has 1 atom stereocenters. The summed E-state index contributed by atoms with van der Waals surface area (Å²) in [7, 11) is 0. The molecule has 0 radical (unpaired) electrons. The first-order chi connectivity index (χ1) is 9.06. The van der Waals surface area contributed by atoms with Crippen LogP contribution >= 0.6 is 15.9 Å². The molecule has 0 aromatic heterocycles. The van der Waals surface area contributed by atoms with Crippen molar-refractivity contribution in [3.63, 3.8) is 0 Å². The molecule has 2 rings (SSSR count). The molecular weight excluding hydrogens is 318 g/mol. The van der Waals surface area contributed by atoms with Crippen LogP contribution in [0.4, 0.5) is 8.78 Å². The standard InChI is InChI=1S/C13H17BrF2N2O/c1-9-7-17-4-5-18(9)8-10-6-11(14)2-3-12(10)19-13(15)16/h2-3,6,9,13,17H,4-5,7-8H2,1H3/t9-/m1/s1. The highest BCUT2D eigenvalue weighted by Crippen LogP contribution is 2.26. The first-order valence-electron chi connectivity index (χ1n) is 6.24. The van der Waals surface area contributed by atoms with Gasteiger partial charge < -0.3 is 10.1 Å². The van der Waals surface area contributed by atoms with E-state index in [4.69, 9.17) is 0 Å². The lowest BCUT2D eigenvalue weighted by Crippen LogP contribution is -2.49. The molecule has 106 valence electrons. The molecular formula is C13H17BrF2N2O. The van der Waals surface area contributed by atoms with Gasteiger partial charge >= 0.3 is 6.61 Å².